The number of hydrogen-bond donors (Lipinski definition) is 1. The minimum atomic E-state index is -0.286. The van der Waals surface area contributed by atoms with E-state index in [1.165, 1.54) is 11.6 Å². The smallest absolute Gasteiger partial charge is 0.201 e. The molecular weight excluding hydrogens is 383 g/mol. The molecule has 4 rings (SSSR count). The van der Waals surface area contributed by atoms with Gasteiger partial charge in [-0.25, -0.2) is 9.37 Å². The molecule has 1 aliphatic heterocycles. The summed E-state index contributed by atoms with van der Waals surface area (Å²) in [5.74, 6) is 0.171. The number of piperidine rings is 1. The summed E-state index contributed by atoms with van der Waals surface area (Å²) < 4.78 is 16.4. The van der Waals surface area contributed by atoms with Crippen molar-refractivity contribution in [1.29, 1.82) is 0 Å². The highest BCUT2D eigenvalue weighted by atomic mass is 79.9. The van der Waals surface area contributed by atoms with Crippen molar-refractivity contribution >= 4 is 32.9 Å². The zero-order valence-corrected chi connectivity index (χ0v) is 15.4. The average molecular weight is 403 g/mol. The van der Waals surface area contributed by atoms with Crippen molar-refractivity contribution in [2.45, 2.75) is 25.4 Å². The summed E-state index contributed by atoms with van der Waals surface area (Å²) in [4.78, 5) is 6.86. The second-order valence-electron chi connectivity index (χ2n) is 6.61. The molecule has 4 nitrogen and oxygen atoms in total. The van der Waals surface area contributed by atoms with Crippen molar-refractivity contribution in [3.8, 4) is 0 Å². The summed E-state index contributed by atoms with van der Waals surface area (Å²) in [5.41, 5.74) is 8.98. The number of imidazole rings is 1. The molecule has 1 aliphatic rings. The fourth-order valence-electron chi connectivity index (χ4n) is 3.72. The van der Waals surface area contributed by atoms with Crippen molar-refractivity contribution in [3.05, 3.63) is 58.3 Å². The quantitative estimate of drug-likeness (QED) is 0.707. The minimum absolute atomic E-state index is 0.211. The van der Waals surface area contributed by atoms with E-state index in [4.69, 9.17) is 5.73 Å². The van der Waals surface area contributed by atoms with E-state index in [1.807, 2.05) is 10.6 Å². The number of benzene rings is 2. The van der Waals surface area contributed by atoms with E-state index >= 15 is 0 Å². The lowest BCUT2D eigenvalue weighted by molar-refractivity contribution is 0.173. The molecule has 3 aromatic rings. The Morgan fingerprint density at radius 3 is 2.84 bits per heavy atom. The molecule has 1 unspecified atom stereocenters. The molecular formula is C19H20BrFN4. The van der Waals surface area contributed by atoms with Crippen molar-refractivity contribution in [2.75, 3.05) is 18.8 Å². The van der Waals surface area contributed by atoms with Gasteiger partial charge < -0.3 is 10.3 Å². The van der Waals surface area contributed by atoms with Gasteiger partial charge >= 0.3 is 0 Å². The van der Waals surface area contributed by atoms with E-state index in [2.05, 4.69) is 50.1 Å². The van der Waals surface area contributed by atoms with E-state index in [0.29, 0.717) is 10.4 Å². The fraction of sp³-hybridized carbons (Fsp3) is 0.316. The number of hydrogen-bond acceptors (Lipinski definition) is 3. The van der Waals surface area contributed by atoms with Crippen LogP contribution in [0.25, 0.3) is 11.0 Å². The standard InChI is InChI=1S/C19H20BrFN4/c20-15-9-17-18(10-16(15)21)25(19(22)23-17)14-7-4-8-24(12-14)11-13-5-2-1-3-6-13/h1-3,5-6,9-10,14H,4,7-8,11-12H2,(H2,22,23). The molecule has 0 radical (unpaired) electrons. The lowest BCUT2D eigenvalue weighted by atomic mass is 10.0. The molecule has 2 heterocycles. The number of likely N-dealkylation sites (tertiary alicyclic amines) is 1. The molecule has 2 aromatic carbocycles. The number of nitrogens with two attached hydrogens (primary N) is 1. The zero-order valence-electron chi connectivity index (χ0n) is 13.8. The van der Waals surface area contributed by atoms with Crippen LogP contribution in [-0.2, 0) is 6.54 Å². The molecule has 1 saturated heterocycles. The Bertz CT molecular complexity index is 893. The second kappa shape index (κ2) is 6.77. The normalized spacial score (nSPS) is 18.7. The van der Waals surface area contributed by atoms with Gasteiger partial charge in [0, 0.05) is 25.2 Å². The third kappa shape index (κ3) is 3.28. The molecule has 0 bridgehead atoms. The number of fused-ring (bicyclic) bond motifs is 1. The molecule has 1 atom stereocenters. The van der Waals surface area contributed by atoms with Crippen LogP contribution in [0.2, 0.25) is 0 Å². The lowest BCUT2D eigenvalue weighted by Gasteiger charge is -2.34. The molecule has 6 heteroatoms. The summed E-state index contributed by atoms with van der Waals surface area (Å²) >= 11 is 3.22. The van der Waals surface area contributed by atoms with Gasteiger partial charge in [0.2, 0.25) is 5.95 Å². The first-order valence-corrected chi connectivity index (χ1v) is 9.30. The predicted octanol–water partition coefficient (Wildman–Crippen LogP) is 4.36. The molecule has 1 aromatic heterocycles. The number of anilines is 1. The van der Waals surface area contributed by atoms with Gasteiger partial charge in [-0.15, -0.1) is 0 Å². The number of halogens is 2. The van der Waals surface area contributed by atoms with Crippen LogP contribution in [0.1, 0.15) is 24.4 Å². The van der Waals surface area contributed by atoms with Crippen LogP contribution >= 0.6 is 15.9 Å². The van der Waals surface area contributed by atoms with E-state index in [0.717, 1.165) is 43.5 Å². The summed E-state index contributed by atoms with van der Waals surface area (Å²) in [7, 11) is 0. The van der Waals surface area contributed by atoms with Gasteiger partial charge in [0.25, 0.3) is 0 Å². The van der Waals surface area contributed by atoms with Crippen LogP contribution in [0, 0.1) is 5.82 Å². The second-order valence-corrected chi connectivity index (χ2v) is 7.47. The number of nitrogen functional groups attached to an aromatic ring is 1. The number of nitrogens with zero attached hydrogens (tertiary/aromatic N) is 3. The molecule has 25 heavy (non-hydrogen) atoms. The molecule has 130 valence electrons. The van der Waals surface area contributed by atoms with E-state index < -0.39 is 0 Å². The van der Waals surface area contributed by atoms with Crippen molar-refractivity contribution < 1.29 is 4.39 Å². The maximum Gasteiger partial charge on any atom is 0.201 e. The maximum absolute atomic E-state index is 14.0. The first-order chi connectivity index (χ1) is 12.1. The van der Waals surface area contributed by atoms with Gasteiger partial charge in [-0.3, -0.25) is 4.90 Å². The Morgan fingerprint density at radius 1 is 1.24 bits per heavy atom. The Balaban J connectivity index is 1.62. The molecule has 0 spiro atoms. The SMILES string of the molecule is Nc1nc2cc(Br)c(F)cc2n1C1CCCN(Cc2ccccc2)C1. The van der Waals surface area contributed by atoms with Crippen molar-refractivity contribution in [1.82, 2.24) is 14.5 Å². The van der Waals surface area contributed by atoms with E-state index in [9.17, 15) is 4.39 Å². The van der Waals surface area contributed by atoms with Crippen LogP contribution in [0.3, 0.4) is 0 Å². The number of aromatic nitrogens is 2. The Hall–Kier alpha value is -1.92. The first-order valence-electron chi connectivity index (χ1n) is 8.50. The molecule has 0 aliphatic carbocycles. The summed E-state index contributed by atoms with van der Waals surface area (Å²) in [6.07, 6.45) is 2.12. The topological polar surface area (TPSA) is 47.1 Å². The third-order valence-corrected chi connectivity index (χ3v) is 5.46. The van der Waals surface area contributed by atoms with Gasteiger partial charge in [-0.05, 0) is 46.9 Å². The van der Waals surface area contributed by atoms with Gasteiger partial charge in [-0.1, -0.05) is 30.3 Å². The van der Waals surface area contributed by atoms with Crippen LogP contribution in [0.4, 0.5) is 10.3 Å². The van der Waals surface area contributed by atoms with Crippen LogP contribution < -0.4 is 5.73 Å². The molecule has 0 saturated carbocycles. The van der Waals surface area contributed by atoms with E-state index in [-0.39, 0.29) is 11.9 Å². The zero-order chi connectivity index (χ0) is 17.4. The van der Waals surface area contributed by atoms with Crippen molar-refractivity contribution in [2.24, 2.45) is 0 Å². The van der Waals surface area contributed by atoms with Crippen molar-refractivity contribution in [3.63, 3.8) is 0 Å². The molecule has 2 N–H and O–H groups in total. The maximum atomic E-state index is 14.0. The molecule has 0 amide bonds. The summed E-state index contributed by atoms with van der Waals surface area (Å²) in [6.45, 7) is 2.88. The first kappa shape index (κ1) is 16.5. The van der Waals surface area contributed by atoms with Crippen LogP contribution in [0.15, 0.2) is 46.9 Å². The highest BCUT2D eigenvalue weighted by molar-refractivity contribution is 9.10. The van der Waals surface area contributed by atoms with E-state index in [1.54, 1.807) is 6.07 Å². The van der Waals surface area contributed by atoms with Gasteiger partial charge in [0.15, 0.2) is 0 Å². The third-order valence-electron chi connectivity index (χ3n) is 4.85. The van der Waals surface area contributed by atoms with Gasteiger partial charge in [0.1, 0.15) is 5.82 Å². The Labute approximate surface area is 154 Å². The monoisotopic (exact) mass is 402 g/mol. The minimum Gasteiger partial charge on any atom is -0.369 e. The Kier molecular flexibility index (Phi) is 4.48. The largest absolute Gasteiger partial charge is 0.369 e. The Morgan fingerprint density at radius 2 is 2.04 bits per heavy atom. The highest BCUT2D eigenvalue weighted by Crippen LogP contribution is 2.32. The highest BCUT2D eigenvalue weighted by Gasteiger charge is 2.25. The van der Waals surface area contributed by atoms with Gasteiger partial charge in [0.05, 0.1) is 15.5 Å². The fourth-order valence-corrected chi connectivity index (χ4v) is 4.05. The predicted molar refractivity (Wildman–Crippen MR) is 102 cm³/mol. The van der Waals surface area contributed by atoms with Crippen LogP contribution in [-0.4, -0.2) is 27.5 Å². The summed E-state index contributed by atoms with van der Waals surface area (Å²) in [5, 5.41) is 0. The van der Waals surface area contributed by atoms with Gasteiger partial charge in [-0.2, -0.15) is 0 Å². The summed E-state index contributed by atoms with van der Waals surface area (Å²) in [6, 6.07) is 13.9. The number of rotatable bonds is 3. The van der Waals surface area contributed by atoms with Crippen LogP contribution in [0.5, 0.6) is 0 Å². The lowest BCUT2D eigenvalue weighted by Crippen LogP contribution is -2.36. The molecule has 1 fully saturated rings. The average Bonchev–Trinajstić information content (AvgIpc) is 2.91.